The highest BCUT2D eigenvalue weighted by Crippen LogP contribution is 2.33. The van der Waals surface area contributed by atoms with E-state index in [0.29, 0.717) is 0 Å². The van der Waals surface area contributed by atoms with Gasteiger partial charge in [0.25, 0.3) is 5.69 Å². The quantitative estimate of drug-likeness (QED) is 0.266. The Kier molecular flexibility index (Phi) is 5.35. The average Bonchev–Trinajstić information content (AvgIpc) is 3.01. The molecule has 0 amide bonds. The van der Waals surface area contributed by atoms with Crippen LogP contribution in [0, 0.1) is 21.4 Å². The van der Waals surface area contributed by atoms with Gasteiger partial charge in [0.2, 0.25) is 0 Å². The van der Waals surface area contributed by atoms with Crippen molar-refractivity contribution >= 4 is 29.3 Å². The van der Waals surface area contributed by atoms with E-state index >= 15 is 0 Å². The van der Waals surface area contributed by atoms with Crippen LogP contribution in [0.2, 0.25) is 5.02 Å². The third kappa shape index (κ3) is 3.80. The Morgan fingerprint density at radius 2 is 2.21 bits per heavy atom. The first-order chi connectivity index (χ1) is 11.5. The summed E-state index contributed by atoms with van der Waals surface area (Å²) in [6.07, 6.45) is 1.21. The number of carbonyl (C=O) groups excluding carboxylic acids is 1. The molecule has 7 nitrogen and oxygen atoms in total. The van der Waals surface area contributed by atoms with Gasteiger partial charge in [0.15, 0.2) is 0 Å². The summed E-state index contributed by atoms with van der Waals surface area (Å²) < 4.78 is 10.2. The number of esters is 1. The molecule has 0 spiro atoms. The molecule has 0 fully saturated rings. The first kappa shape index (κ1) is 17.2. The number of hydrogen-bond acceptors (Lipinski definition) is 6. The summed E-state index contributed by atoms with van der Waals surface area (Å²) in [6.45, 7) is 1.76. The van der Waals surface area contributed by atoms with Crippen LogP contribution in [0.3, 0.4) is 0 Å². The van der Waals surface area contributed by atoms with Crippen molar-refractivity contribution in [2.24, 2.45) is 0 Å². The topological polar surface area (TPSA) is 106 Å². The van der Waals surface area contributed by atoms with Crippen LogP contribution in [0.5, 0.6) is 0 Å². The van der Waals surface area contributed by atoms with E-state index < -0.39 is 10.9 Å². The lowest BCUT2D eigenvalue weighted by Crippen LogP contribution is -2.05. The molecule has 2 aromatic rings. The Balaban J connectivity index is 2.40. The average molecular weight is 347 g/mol. The van der Waals surface area contributed by atoms with Gasteiger partial charge in [-0.25, -0.2) is 4.79 Å². The molecule has 0 aliphatic heterocycles. The van der Waals surface area contributed by atoms with E-state index in [0.717, 1.165) is 0 Å². The lowest BCUT2D eigenvalue weighted by Gasteiger charge is -2.00. The highest BCUT2D eigenvalue weighted by Gasteiger charge is 2.19. The number of nitro benzene ring substituents is 1. The maximum absolute atomic E-state index is 11.6. The summed E-state index contributed by atoms with van der Waals surface area (Å²) in [5.41, 5.74) is -0.208. The highest BCUT2D eigenvalue weighted by molar-refractivity contribution is 6.30. The van der Waals surface area contributed by atoms with Crippen molar-refractivity contribution < 1.29 is 18.9 Å². The molecular formula is C16H11ClN2O5. The van der Waals surface area contributed by atoms with E-state index in [4.69, 9.17) is 26.0 Å². The summed E-state index contributed by atoms with van der Waals surface area (Å²) >= 11 is 5.77. The van der Waals surface area contributed by atoms with Gasteiger partial charge in [0, 0.05) is 17.2 Å². The molecule has 122 valence electrons. The van der Waals surface area contributed by atoms with Gasteiger partial charge in [-0.2, -0.15) is 5.26 Å². The largest absolute Gasteiger partial charge is 0.462 e. The molecule has 0 atom stereocenters. The number of nitro groups is 1. The SMILES string of the molecule is CCOC(=O)/C(C#N)=C\c1ccc(-c2ccc(Cl)cc2[N+](=O)[O-])o1. The van der Waals surface area contributed by atoms with Crippen molar-refractivity contribution in [3.63, 3.8) is 0 Å². The van der Waals surface area contributed by atoms with Crippen molar-refractivity contribution in [2.45, 2.75) is 6.92 Å². The minimum absolute atomic E-state index is 0.137. The summed E-state index contributed by atoms with van der Waals surface area (Å²) in [7, 11) is 0. The van der Waals surface area contributed by atoms with E-state index in [1.165, 1.54) is 36.4 Å². The minimum atomic E-state index is -0.768. The molecule has 0 bridgehead atoms. The van der Waals surface area contributed by atoms with Crippen LogP contribution in [0.25, 0.3) is 17.4 Å². The molecule has 0 aliphatic carbocycles. The summed E-state index contributed by atoms with van der Waals surface area (Å²) in [5.74, 6) is -0.361. The Hall–Kier alpha value is -3.11. The second-order valence-corrected chi connectivity index (χ2v) is 4.95. The predicted octanol–water partition coefficient (Wildman–Crippen LogP) is 3.98. The van der Waals surface area contributed by atoms with Crippen molar-refractivity contribution in [3.05, 3.63) is 56.8 Å². The van der Waals surface area contributed by atoms with Gasteiger partial charge >= 0.3 is 5.97 Å². The molecule has 0 saturated carbocycles. The van der Waals surface area contributed by atoms with E-state index in [-0.39, 0.29) is 40.0 Å². The molecule has 1 aromatic heterocycles. The molecule has 2 rings (SSSR count). The van der Waals surface area contributed by atoms with Crippen LogP contribution in [0.15, 0.2) is 40.3 Å². The monoisotopic (exact) mass is 346 g/mol. The molecule has 1 heterocycles. The number of benzene rings is 1. The molecule has 0 radical (unpaired) electrons. The summed E-state index contributed by atoms with van der Waals surface area (Å²) in [5, 5.41) is 20.3. The fourth-order valence-electron chi connectivity index (χ4n) is 1.93. The zero-order valence-corrected chi connectivity index (χ0v) is 13.2. The Morgan fingerprint density at radius 3 is 2.83 bits per heavy atom. The van der Waals surface area contributed by atoms with Crippen molar-refractivity contribution in [1.29, 1.82) is 5.26 Å². The lowest BCUT2D eigenvalue weighted by molar-refractivity contribution is -0.384. The van der Waals surface area contributed by atoms with Crippen molar-refractivity contribution in [3.8, 4) is 17.4 Å². The number of carbonyl (C=O) groups is 1. The molecule has 0 aliphatic rings. The maximum Gasteiger partial charge on any atom is 0.349 e. The fraction of sp³-hybridized carbons (Fsp3) is 0.125. The van der Waals surface area contributed by atoms with Gasteiger partial charge in [-0.3, -0.25) is 10.1 Å². The number of rotatable bonds is 5. The number of ether oxygens (including phenoxy) is 1. The third-order valence-electron chi connectivity index (χ3n) is 2.95. The van der Waals surface area contributed by atoms with Gasteiger partial charge in [-0.1, -0.05) is 11.6 Å². The van der Waals surface area contributed by atoms with Crippen LogP contribution in [0.1, 0.15) is 12.7 Å². The number of halogens is 1. The lowest BCUT2D eigenvalue weighted by atomic mass is 10.1. The molecule has 1 aromatic carbocycles. The van der Waals surface area contributed by atoms with Crippen molar-refractivity contribution in [1.82, 2.24) is 0 Å². The van der Waals surface area contributed by atoms with E-state index in [9.17, 15) is 14.9 Å². The molecule has 24 heavy (non-hydrogen) atoms. The van der Waals surface area contributed by atoms with Gasteiger partial charge in [0.05, 0.1) is 17.1 Å². The Morgan fingerprint density at radius 1 is 1.46 bits per heavy atom. The number of hydrogen-bond donors (Lipinski definition) is 0. The Labute approximate surface area is 141 Å². The first-order valence-electron chi connectivity index (χ1n) is 6.79. The van der Waals surface area contributed by atoms with E-state index in [2.05, 4.69) is 0 Å². The smallest absolute Gasteiger partial charge is 0.349 e. The van der Waals surface area contributed by atoms with Crippen LogP contribution in [-0.4, -0.2) is 17.5 Å². The fourth-order valence-corrected chi connectivity index (χ4v) is 2.09. The molecule has 0 saturated heterocycles. The second-order valence-electron chi connectivity index (χ2n) is 4.51. The molecular weight excluding hydrogens is 336 g/mol. The van der Waals surface area contributed by atoms with Crippen molar-refractivity contribution in [2.75, 3.05) is 6.61 Å². The summed E-state index contributed by atoms with van der Waals surface area (Å²) in [4.78, 5) is 22.1. The number of nitrogens with zero attached hydrogens (tertiary/aromatic N) is 2. The normalized spacial score (nSPS) is 11.0. The maximum atomic E-state index is 11.6. The van der Waals surface area contributed by atoms with Crippen LogP contribution >= 0.6 is 11.6 Å². The third-order valence-corrected chi connectivity index (χ3v) is 3.19. The van der Waals surface area contributed by atoms with Crippen LogP contribution in [0.4, 0.5) is 5.69 Å². The van der Waals surface area contributed by atoms with Gasteiger partial charge in [-0.15, -0.1) is 0 Å². The zero-order chi connectivity index (χ0) is 17.7. The van der Waals surface area contributed by atoms with E-state index in [1.54, 1.807) is 13.0 Å². The zero-order valence-electron chi connectivity index (χ0n) is 12.5. The molecule has 0 unspecified atom stereocenters. The Bertz CT molecular complexity index is 864. The first-order valence-corrected chi connectivity index (χ1v) is 7.17. The van der Waals surface area contributed by atoms with E-state index in [1.807, 2.05) is 0 Å². The van der Waals surface area contributed by atoms with Gasteiger partial charge < -0.3 is 9.15 Å². The second kappa shape index (κ2) is 7.44. The van der Waals surface area contributed by atoms with Crippen LogP contribution < -0.4 is 0 Å². The van der Waals surface area contributed by atoms with Gasteiger partial charge in [0.1, 0.15) is 23.2 Å². The molecule has 0 N–H and O–H groups in total. The standard InChI is InChI=1S/C16H11ClN2O5/c1-2-23-16(20)10(9-18)7-12-4-6-15(24-12)13-5-3-11(17)8-14(13)19(21)22/h3-8H,2H2,1H3/b10-7-. The molecule has 8 heteroatoms. The highest BCUT2D eigenvalue weighted by atomic mass is 35.5. The van der Waals surface area contributed by atoms with Crippen LogP contribution in [-0.2, 0) is 9.53 Å². The summed E-state index contributed by atoms with van der Waals surface area (Å²) in [6, 6.07) is 8.89. The predicted molar refractivity (Wildman–Crippen MR) is 86.0 cm³/mol. The van der Waals surface area contributed by atoms with Gasteiger partial charge in [-0.05, 0) is 31.2 Å². The number of furan rings is 1. The minimum Gasteiger partial charge on any atom is -0.462 e. The number of nitriles is 1.